The third-order valence-corrected chi connectivity index (χ3v) is 3.85. The summed E-state index contributed by atoms with van der Waals surface area (Å²) in [6.45, 7) is 7.89. The summed E-state index contributed by atoms with van der Waals surface area (Å²) in [5.41, 5.74) is 3.64. The van der Waals surface area contributed by atoms with Gasteiger partial charge < -0.3 is 15.3 Å². The zero-order valence-electron chi connectivity index (χ0n) is 11.8. The fourth-order valence-corrected chi connectivity index (χ4v) is 2.56. The monoisotopic (exact) mass is 262 g/mol. The number of piperazine rings is 1. The van der Waals surface area contributed by atoms with Gasteiger partial charge in [-0.2, -0.15) is 0 Å². The number of carbonyl (C=O) groups is 1. The number of hydrogen-bond donors (Lipinski definition) is 2. The number of aliphatic carboxylic acids is 1. The van der Waals surface area contributed by atoms with Crippen LogP contribution in [0.1, 0.15) is 24.5 Å². The molecule has 1 saturated heterocycles. The number of aryl methyl sites for hydroxylation is 2. The second-order valence-electron chi connectivity index (χ2n) is 5.48. The molecule has 104 valence electrons. The molecule has 4 nitrogen and oxygen atoms in total. The van der Waals surface area contributed by atoms with E-state index < -0.39 is 5.97 Å². The maximum Gasteiger partial charge on any atom is 0.305 e. The normalized spacial score (nSPS) is 23.4. The molecule has 1 aliphatic heterocycles. The van der Waals surface area contributed by atoms with Gasteiger partial charge in [0.05, 0.1) is 12.5 Å². The van der Waals surface area contributed by atoms with Gasteiger partial charge in [0.2, 0.25) is 0 Å². The Morgan fingerprint density at radius 2 is 2.16 bits per heavy atom. The Morgan fingerprint density at radius 3 is 2.79 bits per heavy atom. The first-order chi connectivity index (χ1) is 8.97. The number of carboxylic acid groups (broad SMARTS) is 1. The molecule has 0 aliphatic carbocycles. The van der Waals surface area contributed by atoms with Crippen LogP contribution in [0.3, 0.4) is 0 Å². The van der Waals surface area contributed by atoms with Crippen LogP contribution in [0.5, 0.6) is 0 Å². The highest BCUT2D eigenvalue weighted by Gasteiger charge is 2.27. The van der Waals surface area contributed by atoms with Gasteiger partial charge in [-0.1, -0.05) is 6.07 Å². The van der Waals surface area contributed by atoms with Gasteiger partial charge in [0.1, 0.15) is 0 Å². The fraction of sp³-hybridized carbons (Fsp3) is 0.533. The highest BCUT2D eigenvalue weighted by Crippen LogP contribution is 2.24. The van der Waals surface area contributed by atoms with Crippen molar-refractivity contribution < 1.29 is 9.90 Å². The van der Waals surface area contributed by atoms with Gasteiger partial charge in [-0.05, 0) is 44.0 Å². The largest absolute Gasteiger partial charge is 0.481 e. The predicted octanol–water partition coefficient (Wildman–Crippen LogP) is 1.94. The fourth-order valence-electron chi connectivity index (χ4n) is 2.56. The molecule has 1 aliphatic rings. The molecule has 0 radical (unpaired) electrons. The van der Waals surface area contributed by atoms with Crippen molar-refractivity contribution in [2.75, 3.05) is 18.0 Å². The molecule has 0 saturated carbocycles. The Kier molecular flexibility index (Phi) is 4.10. The molecule has 4 heteroatoms. The Bertz CT molecular complexity index is 473. The molecule has 0 aromatic heterocycles. The average molecular weight is 262 g/mol. The molecular formula is C15H22N2O2. The predicted molar refractivity (Wildman–Crippen MR) is 76.8 cm³/mol. The van der Waals surface area contributed by atoms with Crippen LogP contribution in [-0.2, 0) is 4.79 Å². The van der Waals surface area contributed by atoms with Gasteiger partial charge in [-0.3, -0.25) is 4.79 Å². The van der Waals surface area contributed by atoms with Crippen LogP contribution in [-0.4, -0.2) is 36.2 Å². The molecule has 1 heterocycles. The van der Waals surface area contributed by atoms with E-state index in [1.54, 1.807) is 0 Å². The maximum absolute atomic E-state index is 11.0. The number of hydrogen-bond acceptors (Lipinski definition) is 3. The van der Waals surface area contributed by atoms with Crippen molar-refractivity contribution >= 4 is 11.7 Å². The Hall–Kier alpha value is -1.55. The summed E-state index contributed by atoms with van der Waals surface area (Å²) in [6.07, 6.45) is 0.173. The topological polar surface area (TPSA) is 52.6 Å². The highest BCUT2D eigenvalue weighted by molar-refractivity contribution is 5.69. The molecule has 1 fully saturated rings. The molecule has 0 spiro atoms. The molecule has 0 amide bonds. The SMILES string of the molecule is Cc1ccc(N2CC(C)NCC2CC(=O)O)cc1C. The molecule has 2 unspecified atom stereocenters. The lowest BCUT2D eigenvalue weighted by Gasteiger charge is -2.40. The molecular weight excluding hydrogens is 240 g/mol. The Balaban J connectivity index is 2.25. The summed E-state index contributed by atoms with van der Waals surface area (Å²) < 4.78 is 0. The van der Waals surface area contributed by atoms with E-state index in [0.29, 0.717) is 6.04 Å². The zero-order chi connectivity index (χ0) is 14.0. The number of rotatable bonds is 3. The zero-order valence-corrected chi connectivity index (χ0v) is 11.8. The maximum atomic E-state index is 11.0. The van der Waals surface area contributed by atoms with Crippen molar-refractivity contribution in [1.82, 2.24) is 5.32 Å². The lowest BCUT2D eigenvalue weighted by Crippen LogP contribution is -2.56. The van der Waals surface area contributed by atoms with Crippen LogP contribution in [0.25, 0.3) is 0 Å². The van der Waals surface area contributed by atoms with E-state index >= 15 is 0 Å². The number of nitrogens with zero attached hydrogens (tertiary/aromatic N) is 1. The van der Waals surface area contributed by atoms with Gasteiger partial charge in [-0.15, -0.1) is 0 Å². The minimum atomic E-state index is -0.741. The number of carboxylic acids is 1. The number of anilines is 1. The van der Waals surface area contributed by atoms with Crippen molar-refractivity contribution in [2.24, 2.45) is 0 Å². The van der Waals surface area contributed by atoms with Crippen molar-refractivity contribution in [2.45, 2.75) is 39.3 Å². The second-order valence-corrected chi connectivity index (χ2v) is 5.48. The molecule has 2 atom stereocenters. The van der Waals surface area contributed by atoms with Crippen molar-refractivity contribution in [3.05, 3.63) is 29.3 Å². The van der Waals surface area contributed by atoms with Crippen LogP contribution < -0.4 is 10.2 Å². The van der Waals surface area contributed by atoms with Crippen LogP contribution in [0.4, 0.5) is 5.69 Å². The van der Waals surface area contributed by atoms with E-state index in [9.17, 15) is 4.79 Å². The first kappa shape index (κ1) is 13.9. The van der Waals surface area contributed by atoms with E-state index in [1.807, 2.05) is 0 Å². The first-order valence-corrected chi connectivity index (χ1v) is 6.76. The number of benzene rings is 1. The molecule has 2 N–H and O–H groups in total. The Morgan fingerprint density at radius 1 is 1.42 bits per heavy atom. The standard InChI is InChI=1S/C15H22N2O2/c1-10-4-5-13(6-11(10)2)17-9-12(3)16-8-14(17)7-15(18)19/h4-6,12,14,16H,7-9H2,1-3H3,(H,18,19). The second kappa shape index (κ2) is 5.61. The average Bonchev–Trinajstić information content (AvgIpc) is 2.34. The third kappa shape index (κ3) is 3.26. The van der Waals surface area contributed by atoms with Crippen LogP contribution in [0.2, 0.25) is 0 Å². The lowest BCUT2D eigenvalue weighted by atomic mass is 10.0. The highest BCUT2D eigenvalue weighted by atomic mass is 16.4. The van der Waals surface area contributed by atoms with Gasteiger partial charge in [0.15, 0.2) is 0 Å². The summed E-state index contributed by atoms with van der Waals surface area (Å²) in [5, 5.41) is 12.4. The Labute approximate surface area is 114 Å². The van der Waals surface area contributed by atoms with E-state index in [4.69, 9.17) is 5.11 Å². The summed E-state index contributed by atoms with van der Waals surface area (Å²) in [7, 11) is 0. The van der Waals surface area contributed by atoms with E-state index in [-0.39, 0.29) is 12.5 Å². The van der Waals surface area contributed by atoms with Gasteiger partial charge >= 0.3 is 5.97 Å². The summed E-state index contributed by atoms with van der Waals surface area (Å²) >= 11 is 0. The summed E-state index contributed by atoms with van der Waals surface area (Å²) in [5.74, 6) is -0.741. The minimum absolute atomic E-state index is 0.0239. The smallest absolute Gasteiger partial charge is 0.305 e. The van der Waals surface area contributed by atoms with Crippen LogP contribution in [0.15, 0.2) is 18.2 Å². The summed E-state index contributed by atoms with van der Waals surface area (Å²) in [4.78, 5) is 13.2. The summed E-state index contributed by atoms with van der Waals surface area (Å²) in [6, 6.07) is 6.76. The first-order valence-electron chi connectivity index (χ1n) is 6.76. The van der Waals surface area contributed by atoms with Crippen molar-refractivity contribution in [3.63, 3.8) is 0 Å². The van der Waals surface area contributed by atoms with E-state index in [1.165, 1.54) is 11.1 Å². The minimum Gasteiger partial charge on any atom is -0.481 e. The molecule has 19 heavy (non-hydrogen) atoms. The van der Waals surface area contributed by atoms with Crippen molar-refractivity contribution in [1.29, 1.82) is 0 Å². The third-order valence-electron chi connectivity index (χ3n) is 3.85. The quantitative estimate of drug-likeness (QED) is 0.874. The molecule has 0 bridgehead atoms. The van der Waals surface area contributed by atoms with Crippen molar-refractivity contribution in [3.8, 4) is 0 Å². The van der Waals surface area contributed by atoms with Gasteiger partial charge in [0.25, 0.3) is 0 Å². The molecule has 2 rings (SSSR count). The van der Waals surface area contributed by atoms with Gasteiger partial charge in [0, 0.05) is 24.8 Å². The van der Waals surface area contributed by atoms with Gasteiger partial charge in [-0.25, -0.2) is 0 Å². The van der Waals surface area contributed by atoms with Crippen LogP contribution >= 0.6 is 0 Å². The number of nitrogens with one attached hydrogen (secondary N) is 1. The lowest BCUT2D eigenvalue weighted by molar-refractivity contribution is -0.137. The van der Waals surface area contributed by atoms with Crippen LogP contribution in [0, 0.1) is 13.8 Å². The van der Waals surface area contributed by atoms with E-state index in [0.717, 1.165) is 18.8 Å². The van der Waals surface area contributed by atoms with E-state index in [2.05, 4.69) is 49.2 Å². The molecule has 1 aromatic carbocycles. The molecule has 1 aromatic rings.